The van der Waals surface area contributed by atoms with Gasteiger partial charge >= 0.3 is 11.9 Å². The van der Waals surface area contributed by atoms with Crippen LogP contribution in [0.5, 0.6) is 34.5 Å². The van der Waals surface area contributed by atoms with Crippen LogP contribution >= 0.6 is 11.6 Å². The minimum absolute atomic E-state index is 0.0392. The Kier molecular flexibility index (Phi) is 7.73. The van der Waals surface area contributed by atoms with Crippen LogP contribution in [0.3, 0.4) is 0 Å². The molecule has 6 rings (SSSR count). The molecule has 4 aromatic carbocycles. The summed E-state index contributed by atoms with van der Waals surface area (Å²) in [6.45, 7) is 2.57. The van der Waals surface area contributed by atoms with Crippen LogP contribution < -0.4 is 23.7 Å². The first kappa shape index (κ1) is 29.2. The Morgan fingerprint density at radius 2 is 1.73 bits per heavy atom. The Bertz CT molecular complexity index is 1770. The summed E-state index contributed by atoms with van der Waals surface area (Å²) in [6, 6.07) is 20.3. The maximum absolute atomic E-state index is 13.3. The molecule has 0 saturated heterocycles. The van der Waals surface area contributed by atoms with Crippen LogP contribution in [-0.4, -0.2) is 42.7 Å². The predicted molar refractivity (Wildman–Crippen MR) is 161 cm³/mol. The SMILES string of the molecule is CCCOc1ccc2c(c1)CC(C(=O)O)C2(c1ccc2c(c1)OCO2)c1cc(Cl)c(OC)cc1Oc1ccccc1C(=O)O. The molecule has 0 saturated carbocycles. The van der Waals surface area contributed by atoms with E-state index < -0.39 is 23.3 Å². The Hall–Kier alpha value is -4.89. The molecule has 10 heteroatoms. The Balaban J connectivity index is 1.67. The fourth-order valence-electron chi connectivity index (χ4n) is 6.19. The van der Waals surface area contributed by atoms with Gasteiger partial charge in [0.1, 0.15) is 28.6 Å². The van der Waals surface area contributed by atoms with Gasteiger partial charge in [-0.15, -0.1) is 0 Å². The molecular weight excluding hydrogens is 588 g/mol. The van der Waals surface area contributed by atoms with Gasteiger partial charge in [0.25, 0.3) is 0 Å². The van der Waals surface area contributed by atoms with Gasteiger partial charge in [-0.2, -0.15) is 0 Å². The van der Waals surface area contributed by atoms with E-state index in [-0.39, 0.29) is 41.0 Å². The summed E-state index contributed by atoms with van der Waals surface area (Å²) >= 11 is 6.76. The predicted octanol–water partition coefficient (Wildman–Crippen LogP) is 6.95. The molecule has 0 amide bonds. The molecule has 0 bridgehead atoms. The van der Waals surface area contributed by atoms with Gasteiger partial charge in [-0.25, -0.2) is 4.79 Å². The quantitative estimate of drug-likeness (QED) is 0.195. The zero-order valence-corrected chi connectivity index (χ0v) is 24.7. The number of aromatic carboxylic acids is 1. The van der Waals surface area contributed by atoms with Gasteiger partial charge in [0, 0.05) is 11.6 Å². The third-order valence-electron chi connectivity index (χ3n) is 8.06. The summed E-state index contributed by atoms with van der Waals surface area (Å²) in [6.07, 6.45) is 0.996. The number of carboxylic acids is 2. The van der Waals surface area contributed by atoms with Gasteiger partial charge in [-0.3, -0.25) is 4.79 Å². The van der Waals surface area contributed by atoms with Crippen LogP contribution in [-0.2, 0) is 16.6 Å². The highest BCUT2D eigenvalue weighted by molar-refractivity contribution is 6.32. The van der Waals surface area contributed by atoms with Gasteiger partial charge in [-0.05, 0) is 72.0 Å². The van der Waals surface area contributed by atoms with Crippen LogP contribution in [0.1, 0.15) is 46.0 Å². The first-order valence-corrected chi connectivity index (χ1v) is 14.4. The van der Waals surface area contributed by atoms with Crippen molar-refractivity contribution in [1.29, 1.82) is 0 Å². The van der Waals surface area contributed by atoms with Crippen molar-refractivity contribution in [2.24, 2.45) is 5.92 Å². The molecule has 9 nitrogen and oxygen atoms in total. The zero-order chi connectivity index (χ0) is 31.0. The number of ether oxygens (including phenoxy) is 5. The third kappa shape index (κ3) is 4.83. The first-order valence-electron chi connectivity index (χ1n) is 14.0. The largest absolute Gasteiger partial charge is 0.495 e. The van der Waals surface area contributed by atoms with Crippen molar-refractivity contribution in [2.75, 3.05) is 20.5 Å². The number of aliphatic carboxylic acids is 1. The number of halogens is 1. The molecule has 1 aliphatic carbocycles. The average Bonchev–Trinajstić information content (AvgIpc) is 3.63. The van der Waals surface area contributed by atoms with Crippen LogP contribution in [0.4, 0.5) is 0 Å². The summed E-state index contributed by atoms with van der Waals surface area (Å²) < 4.78 is 29.1. The summed E-state index contributed by atoms with van der Waals surface area (Å²) in [4.78, 5) is 25.4. The maximum atomic E-state index is 13.3. The molecule has 4 aromatic rings. The van der Waals surface area contributed by atoms with Crippen molar-refractivity contribution < 1.29 is 43.5 Å². The van der Waals surface area contributed by atoms with E-state index in [1.54, 1.807) is 36.4 Å². The van der Waals surface area contributed by atoms with E-state index in [1.807, 2.05) is 31.2 Å². The Morgan fingerprint density at radius 1 is 0.932 bits per heavy atom. The van der Waals surface area contributed by atoms with E-state index in [9.17, 15) is 19.8 Å². The second kappa shape index (κ2) is 11.7. The Labute approximate surface area is 258 Å². The fourth-order valence-corrected chi connectivity index (χ4v) is 6.43. The molecule has 0 radical (unpaired) electrons. The summed E-state index contributed by atoms with van der Waals surface area (Å²) in [5, 5.41) is 21.0. The van der Waals surface area contributed by atoms with Crippen molar-refractivity contribution in [3.05, 3.63) is 106 Å². The van der Waals surface area contributed by atoms with E-state index in [0.29, 0.717) is 40.5 Å². The van der Waals surface area contributed by atoms with Crippen molar-refractivity contribution in [3.8, 4) is 34.5 Å². The monoisotopic (exact) mass is 616 g/mol. The first-order chi connectivity index (χ1) is 21.3. The molecule has 1 heterocycles. The summed E-state index contributed by atoms with van der Waals surface area (Å²) in [5.41, 5.74) is 1.08. The van der Waals surface area contributed by atoms with E-state index >= 15 is 0 Å². The van der Waals surface area contributed by atoms with E-state index in [4.69, 9.17) is 35.3 Å². The normalized spacial score (nSPS) is 18.0. The molecule has 0 spiro atoms. The van der Waals surface area contributed by atoms with E-state index in [1.165, 1.54) is 19.2 Å². The van der Waals surface area contributed by atoms with Crippen LogP contribution in [0.15, 0.2) is 72.8 Å². The molecular formula is C34H29ClO9. The minimum atomic E-state index is -1.37. The van der Waals surface area contributed by atoms with Gasteiger partial charge in [0.15, 0.2) is 11.5 Å². The second-order valence-corrected chi connectivity index (χ2v) is 10.9. The molecule has 44 heavy (non-hydrogen) atoms. The molecule has 0 aromatic heterocycles. The van der Waals surface area contributed by atoms with Gasteiger partial charge in [0.05, 0.1) is 30.1 Å². The molecule has 2 unspecified atom stereocenters. The molecule has 1 aliphatic heterocycles. The highest BCUT2D eigenvalue weighted by Crippen LogP contribution is 2.58. The number of methoxy groups -OCH3 is 1. The second-order valence-electron chi connectivity index (χ2n) is 10.5. The number of benzene rings is 4. The number of hydrogen-bond acceptors (Lipinski definition) is 7. The highest BCUT2D eigenvalue weighted by Gasteiger charge is 2.55. The number of para-hydroxylation sites is 1. The van der Waals surface area contributed by atoms with Crippen molar-refractivity contribution in [3.63, 3.8) is 0 Å². The van der Waals surface area contributed by atoms with Crippen LogP contribution in [0.25, 0.3) is 0 Å². The molecule has 0 fully saturated rings. The van der Waals surface area contributed by atoms with E-state index in [2.05, 4.69) is 0 Å². The lowest BCUT2D eigenvalue weighted by Crippen LogP contribution is -2.39. The Morgan fingerprint density at radius 3 is 2.48 bits per heavy atom. The number of carboxylic acid groups (broad SMARTS) is 2. The lowest BCUT2D eigenvalue weighted by atomic mass is 9.64. The topological polar surface area (TPSA) is 121 Å². The number of fused-ring (bicyclic) bond motifs is 2. The molecule has 226 valence electrons. The van der Waals surface area contributed by atoms with E-state index in [0.717, 1.165) is 12.0 Å². The van der Waals surface area contributed by atoms with Crippen molar-refractivity contribution >= 4 is 23.5 Å². The molecule has 2 N–H and O–H groups in total. The summed E-state index contributed by atoms with van der Waals surface area (Å²) in [7, 11) is 1.45. The number of rotatable bonds is 10. The molecule has 2 atom stereocenters. The standard InChI is InChI=1S/C34H29ClO9/c1-3-12-41-21-9-10-23-19(13-21)14-25(33(38)39)34(23,20-8-11-28-31(15-20)43-18-42-28)24-16-26(35)30(40-2)17-29(24)44-27-7-5-4-6-22(27)32(36)37/h4-11,13,15-17,25H,3,12,14,18H2,1-2H3,(H,36,37)(H,38,39). The number of hydrogen-bond donors (Lipinski definition) is 2. The van der Waals surface area contributed by atoms with Crippen LogP contribution in [0, 0.1) is 5.92 Å². The smallest absolute Gasteiger partial charge is 0.339 e. The average molecular weight is 617 g/mol. The van der Waals surface area contributed by atoms with Gasteiger partial charge < -0.3 is 33.9 Å². The lowest BCUT2D eigenvalue weighted by molar-refractivity contribution is -0.142. The number of carbonyl (C=O) groups is 2. The van der Waals surface area contributed by atoms with Crippen molar-refractivity contribution in [1.82, 2.24) is 0 Å². The van der Waals surface area contributed by atoms with Crippen molar-refractivity contribution in [2.45, 2.75) is 25.2 Å². The maximum Gasteiger partial charge on any atom is 0.339 e. The van der Waals surface area contributed by atoms with Gasteiger partial charge in [0.2, 0.25) is 6.79 Å². The zero-order valence-electron chi connectivity index (χ0n) is 24.0. The fraction of sp³-hybridized carbons (Fsp3) is 0.235. The van der Waals surface area contributed by atoms with Crippen LogP contribution in [0.2, 0.25) is 5.02 Å². The third-order valence-corrected chi connectivity index (χ3v) is 8.36. The highest BCUT2D eigenvalue weighted by atomic mass is 35.5. The molecule has 2 aliphatic rings. The summed E-state index contributed by atoms with van der Waals surface area (Å²) in [5.74, 6) is -1.08. The minimum Gasteiger partial charge on any atom is -0.495 e. The lowest BCUT2D eigenvalue weighted by Gasteiger charge is -2.37. The van der Waals surface area contributed by atoms with Gasteiger partial charge in [-0.1, -0.05) is 42.8 Å².